The van der Waals surface area contributed by atoms with Crippen LogP contribution in [0.5, 0.6) is 0 Å². The lowest BCUT2D eigenvalue weighted by Gasteiger charge is -2.28. The number of carbonyl (C=O) groups excluding carboxylic acids is 1. The second kappa shape index (κ2) is 6.39. The molecule has 0 radical (unpaired) electrons. The fourth-order valence-corrected chi connectivity index (χ4v) is 3.58. The van der Waals surface area contributed by atoms with Crippen LogP contribution in [0, 0.1) is 11.8 Å². The zero-order chi connectivity index (χ0) is 15.7. The molecule has 4 nitrogen and oxygen atoms in total. The molecule has 0 spiro atoms. The maximum atomic E-state index is 12.2. The van der Waals surface area contributed by atoms with Crippen LogP contribution in [0.25, 0.3) is 0 Å². The van der Waals surface area contributed by atoms with Crippen molar-refractivity contribution in [3.63, 3.8) is 0 Å². The molecule has 1 fully saturated rings. The Morgan fingerprint density at radius 3 is 2.73 bits per heavy atom. The van der Waals surface area contributed by atoms with E-state index in [-0.39, 0.29) is 17.9 Å². The van der Waals surface area contributed by atoms with Gasteiger partial charge in [0.15, 0.2) is 0 Å². The number of aliphatic hydroxyl groups excluding tert-OH is 1. The largest absolute Gasteiger partial charge is 0.388 e. The maximum Gasteiger partial charge on any atom is 0.229 e. The highest BCUT2D eigenvalue weighted by Gasteiger charge is 2.28. The Hall–Kier alpha value is -1.39. The van der Waals surface area contributed by atoms with Crippen LogP contribution >= 0.6 is 0 Å². The second-order valence-corrected chi connectivity index (χ2v) is 6.81. The quantitative estimate of drug-likeness (QED) is 0.900. The average Bonchev–Trinajstić information content (AvgIpc) is 2.97. The molecule has 0 saturated carbocycles. The fraction of sp³-hybridized carbons (Fsp3) is 0.611. The first-order chi connectivity index (χ1) is 10.6. The zero-order valence-electron chi connectivity index (χ0n) is 13.5. The summed E-state index contributed by atoms with van der Waals surface area (Å²) in [6.45, 7) is 6.62. The fourth-order valence-electron chi connectivity index (χ4n) is 3.58. The highest BCUT2D eigenvalue weighted by Crippen LogP contribution is 2.35. The van der Waals surface area contributed by atoms with Gasteiger partial charge >= 0.3 is 0 Å². The summed E-state index contributed by atoms with van der Waals surface area (Å²) < 4.78 is 0. The molecule has 1 aromatic rings. The molecule has 0 bridgehead atoms. The van der Waals surface area contributed by atoms with Crippen LogP contribution in [0.1, 0.15) is 43.9 Å². The molecule has 2 heterocycles. The molecular formula is C18H26N2O2. The molecule has 1 unspecified atom stereocenters. The van der Waals surface area contributed by atoms with Crippen LogP contribution in [-0.4, -0.2) is 30.6 Å². The van der Waals surface area contributed by atoms with E-state index in [2.05, 4.69) is 11.4 Å². The van der Waals surface area contributed by atoms with Gasteiger partial charge in [0.25, 0.3) is 0 Å². The predicted octanol–water partition coefficient (Wildman–Crippen LogP) is 2.26. The third kappa shape index (κ3) is 2.90. The molecule has 4 heteroatoms. The molecule has 2 N–H and O–H groups in total. The summed E-state index contributed by atoms with van der Waals surface area (Å²) in [5.74, 6) is 0.547. The molecule has 2 aliphatic rings. The van der Waals surface area contributed by atoms with Crippen LogP contribution in [0.15, 0.2) is 18.2 Å². The molecule has 1 aromatic carbocycles. The standard InChI is InChI=1S/C18H26N2O2/c1-12(2)18(22)20-10-7-14-11-15(3-4-16(14)20)17(21)13-5-8-19-9-6-13/h3-4,11-13,17,19,21H,5-10H2,1-2H3. The first-order valence-electron chi connectivity index (χ1n) is 8.41. The average molecular weight is 302 g/mol. The van der Waals surface area contributed by atoms with Crippen LogP contribution < -0.4 is 10.2 Å². The molecule has 1 saturated heterocycles. The predicted molar refractivity (Wildman–Crippen MR) is 87.9 cm³/mol. The Labute approximate surface area is 132 Å². The van der Waals surface area contributed by atoms with Crippen LogP contribution in [0.4, 0.5) is 5.69 Å². The van der Waals surface area contributed by atoms with Crippen molar-refractivity contribution >= 4 is 11.6 Å². The number of hydrogen-bond donors (Lipinski definition) is 2. The molecular weight excluding hydrogens is 276 g/mol. The monoisotopic (exact) mass is 302 g/mol. The molecule has 3 rings (SSSR count). The van der Waals surface area contributed by atoms with Gasteiger partial charge in [-0.25, -0.2) is 0 Å². The van der Waals surface area contributed by atoms with E-state index in [0.29, 0.717) is 5.92 Å². The third-order valence-corrected chi connectivity index (χ3v) is 4.93. The highest BCUT2D eigenvalue weighted by atomic mass is 16.3. The molecule has 22 heavy (non-hydrogen) atoms. The number of aliphatic hydroxyl groups is 1. The number of carbonyl (C=O) groups is 1. The maximum absolute atomic E-state index is 12.2. The van der Waals surface area contributed by atoms with Crippen molar-refractivity contribution in [3.05, 3.63) is 29.3 Å². The normalized spacial score (nSPS) is 20.3. The van der Waals surface area contributed by atoms with E-state index in [1.54, 1.807) is 0 Å². The Balaban J connectivity index is 1.79. The van der Waals surface area contributed by atoms with Gasteiger partial charge in [0.05, 0.1) is 6.10 Å². The Bertz CT molecular complexity index is 550. The Kier molecular flexibility index (Phi) is 4.50. The van der Waals surface area contributed by atoms with Gasteiger partial charge < -0.3 is 15.3 Å². The van der Waals surface area contributed by atoms with E-state index in [9.17, 15) is 9.90 Å². The van der Waals surface area contributed by atoms with E-state index in [1.165, 1.54) is 5.56 Å². The molecule has 1 atom stereocenters. The second-order valence-electron chi connectivity index (χ2n) is 6.81. The third-order valence-electron chi connectivity index (χ3n) is 4.93. The van der Waals surface area contributed by atoms with Gasteiger partial charge in [0, 0.05) is 18.2 Å². The summed E-state index contributed by atoms with van der Waals surface area (Å²) in [6.07, 6.45) is 2.55. The van der Waals surface area contributed by atoms with Crippen molar-refractivity contribution in [2.45, 2.75) is 39.2 Å². The number of nitrogens with zero attached hydrogens (tertiary/aromatic N) is 1. The van der Waals surface area contributed by atoms with Gasteiger partial charge in [-0.3, -0.25) is 4.79 Å². The number of benzene rings is 1. The number of hydrogen-bond acceptors (Lipinski definition) is 3. The summed E-state index contributed by atoms with van der Waals surface area (Å²) in [6, 6.07) is 6.12. The lowest BCUT2D eigenvalue weighted by molar-refractivity contribution is -0.121. The van der Waals surface area contributed by atoms with Gasteiger partial charge in [-0.05, 0) is 55.5 Å². The first kappa shape index (κ1) is 15.5. The van der Waals surface area contributed by atoms with Crippen LogP contribution in [0.2, 0.25) is 0 Å². The summed E-state index contributed by atoms with van der Waals surface area (Å²) in [4.78, 5) is 14.1. The van der Waals surface area contributed by atoms with E-state index in [4.69, 9.17) is 0 Å². The lowest BCUT2D eigenvalue weighted by atomic mass is 9.87. The van der Waals surface area contributed by atoms with Gasteiger partial charge in [-0.15, -0.1) is 0 Å². The molecule has 0 aromatic heterocycles. The van der Waals surface area contributed by atoms with Crippen molar-refractivity contribution in [2.75, 3.05) is 24.5 Å². The number of anilines is 1. The summed E-state index contributed by atoms with van der Waals surface area (Å²) in [5.41, 5.74) is 3.23. The number of nitrogens with one attached hydrogen (secondary N) is 1. The van der Waals surface area contributed by atoms with Gasteiger partial charge in [0.1, 0.15) is 0 Å². The first-order valence-corrected chi connectivity index (χ1v) is 8.41. The van der Waals surface area contributed by atoms with Crippen molar-refractivity contribution in [3.8, 4) is 0 Å². The minimum Gasteiger partial charge on any atom is -0.388 e. The van der Waals surface area contributed by atoms with E-state index < -0.39 is 0 Å². The lowest BCUT2D eigenvalue weighted by Crippen LogP contribution is -2.32. The smallest absolute Gasteiger partial charge is 0.229 e. The van der Waals surface area contributed by atoms with Crippen LogP contribution in [0.3, 0.4) is 0 Å². The number of piperidine rings is 1. The van der Waals surface area contributed by atoms with Crippen molar-refractivity contribution < 1.29 is 9.90 Å². The van der Waals surface area contributed by atoms with E-state index in [1.807, 2.05) is 30.9 Å². The number of rotatable bonds is 3. The minimum absolute atomic E-state index is 0.0194. The van der Waals surface area contributed by atoms with E-state index >= 15 is 0 Å². The van der Waals surface area contributed by atoms with Gasteiger partial charge in [-0.2, -0.15) is 0 Å². The molecule has 0 aliphatic carbocycles. The van der Waals surface area contributed by atoms with Gasteiger partial charge in [0.2, 0.25) is 5.91 Å². The van der Waals surface area contributed by atoms with Crippen molar-refractivity contribution in [1.82, 2.24) is 5.32 Å². The van der Waals surface area contributed by atoms with E-state index in [0.717, 1.165) is 50.1 Å². The summed E-state index contributed by atoms with van der Waals surface area (Å²) in [5, 5.41) is 14.0. The molecule has 120 valence electrons. The van der Waals surface area contributed by atoms with Crippen molar-refractivity contribution in [2.24, 2.45) is 11.8 Å². The Morgan fingerprint density at radius 2 is 2.05 bits per heavy atom. The minimum atomic E-state index is -0.387. The SMILES string of the molecule is CC(C)C(=O)N1CCc2cc(C(O)C3CCNCC3)ccc21. The highest BCUT2D eigenvalue weighted by molar-refractivity contribution is 5.96. The van der Waals surface area contributed by atoms with Crippen LogP contribution in [-0.2, 0) is 11.2 Å². The molecule has 1 amide bonds. The summed E-state index contributed by atoms with van der Waals surface area (Å²) in [7, 11) is 0. The van der Waals surface area contributed by atoms with Crippen molar-refractivity contribution in [1.29, 1.82) is 0 Å². The number of fused-ring (bicyclic) bond motifs is 1. The number of amides is 1. The molecule has 2 aliphatic heterocycles. The Morgan fingerprint density at radius 1 is 1.32 bits per heavy atom. The topological polar surface area (TPSA) is 52.6 Å². The summed E-state index contributed by atoms with van der Waals surface area (Å²) >= 11 is 0. The zero-order valence-corrected chi connectivity index (χ0v) is 13.5. The van der Waals surface area contributed by atoms with Gasteiger partial charge in [-0.1, -0.05) is 26.0 Å².